The molecule has 0 radical (unpaired) electrons. The second-order valence-electron chi connectivity index (χ2n) is 4.36. The molecule has 0 aliphatic heterocycles. The molecule has 2 N–H and O–H groups in total. The SMILES string of the molecule is CCNC(CCN(C)c1ccc(OC)cc1)C(=O)O. The summed E-state index contributed by atoms with van der Waals surface area (Å²) in [5.74, 6) is 0.0122. The fourth-order valence-corrected chi connectivity index (χ4v) is 1.85. The van der Waals surface area contributed by atoms with Gasteiger partial charge in [0.15, 0.2) is 0 Å². The van der Waals surface area contributed by atoms with Crippen molar-refractivity contribution >= 4 is 11.7 Å². The van der Waals surface area contributed by atoms with E-state index in [9.17, 15) is 4.79 Å². The van der Waals surface area contributed by atoms with Crippen LogP contribution in [-0.2, 0) is 4.79 Å². The van der Waals surface area contributed by atoms with Crippen LogP contribution in [0.3, 0.4) is 0 Å². The van der Waals surface area contributed by atoms with E-state index in [-0.39, 0.29) is 0 Å². The van der Waals surface area contributed by atoms with Crippen LogP contribution in [0.2, 0.25) is 0 Å². The van der Waals surface area contributed by atoms with Crippen molar-refractivity contribution < 1.29 is 14.6 Å². The molecule has 1 aromatic carbocycles. The lowest BCUT2D eigenvalue weighted by molar-refractivity contribution is -0.139. The van der Waals surface area contributed by atoms with Gasteiger partial charge in [0.1, 0.15) is 11.8 Å². The van der Waals surface area contributed by atoms with E-state index in [1.54, 1.807) is 7.11 Å². The maximum absolute atomic E-state index is 11.0. The second-order valence-corrected chi connectivity index (χ2v) is 4.36. The smallest absolute Gasteiger partial charge is 0.320 e. The topological polar surface area (TPSA) is 61.8 Å². The minimum atomic E-state index is -0.801. The highest BCUT2D eigenvalue weighted by atomic mass is 16.5. The van der Waals surface area contributed by atoms with Gasteiger partial charge in [-0.25, -0.2) is 0 Å². The first-order valence-corrected chi connectivity index (χ1v) is 6.39. The number of carboxylic acids is 1. The molecule has 1 aromatic rings. The first-order chi connectivity index (χ1) is 9.08. The molecule has 0 heterocycles. The Labute approximate surface area is 114 Å². The number of aliphatic carboxylic acids is 1. The first-order valence-electron chi connectivity index (χ1n) is 6.39. The number of rotatable bonds is 8. The summed E-state index contributed by atoms with van der Waals surface area (Å²) in [4.78, 5) is 13.1. The molecule has 5 heteroatoms. The summed E-state index contributed by atoms with van der Waals surface area (Å²) in [5, 5.41) is 12.0. The summed E-state index contributed by atoms with van der Waals surface area (Å²) in [6.45, 7) is 3.24. The van der Waals surface area contributed by atoms with Crippen molar-refractivity contribution in [3.63, 3.8) is 0 Å². The maximum atomic E-state index is 11.0. The van der Waals surface area contributed by atoms with E-state index in [1.807, 2.05) is 43.1 Å². The van der Waals surface area contributed by atoms with Crippen LogP contribution in [0.15, 0.2) is 24.3 Å². The van der Waals surface area contributed by atoms with Gasteiger partial charge in [0.05, 0.1) is 7.11 Å². The fraction of sp³-hybridized carbons (Fsp3) is 0.500. The molecule has 0 aliphatic rings. The monoisotopic (exact) mass is 266 g/mol. The van der Waals surface area contributed by atoms with E-state index in [0.717, 1.165) is 11.4 Å². The van der Waals surface area contributed by atoms with Crippen molar-refractivity contribution in [2.24, 2.45) is 0 Å². The molecule has 0 aromatic heterocycles. The third-order valence-electron chi connectivity index (χ3n) is 3.02. The quantitative estimate of drug-likeness (QED) is 0.748. The van der Waals surface area contributed by atoms with Crippen LogP contribution in [0.1, 0.15) is 13.3 Å². The summed E-state index contributed by atoms with van der Waals surface area (Å²) in [6.07, 6.45) is 0.561. The third-order valence-corrected chi connectivity index (χ3v) is 3.02. The van der Waals surface area contributed by atoms with Crippen molar-refractivity contribution in [2.45, 2.75) is 19.4 Å². The molecule has 0 saturated heterocycles. The Hall–Kier alpha value is -1.75. The molecule has 0 spiro atoms. The molecule has 5 nitrogen and oxygen atoms in total. The molecular formula is C14H22N2O3. The Balaban J connectivity index is 2.53. The van der Waals surface area contributed by atoms with E-state index in [0.29, 0.717) is 19.5 Å². The molecule has 0 amide bonds. The van der Waals surface area contributed by atoms with Gasteiger partial charge in [-0.05, 0) is 37.2 Å². The van der Waals surface area contributed by atoms with Crippen molar-refractivity contribution in [2.75, 3.05) is 32.1 Å². The summed E-state index contributed by atoms with van der Waals surface area (Å²) in [7, 11) is 3.58. The number of nitrogens with zero attached hydrogens (tertiary/aromatic N) is 1. The lowest BCUT2D eigenvalue weighted by Gasteiger charge is -2.22. The maximum Gasteiger partial charge on any atom is 0.320 e. The van der Waals surface area contributed by atoms with Gasteiger partial charge in [0, 0.05) is 19.3 Å². The number of nitrogens with one attached hydrogen (secondary N) is 1. The number of hydrogen-bond donors (Lipinski definition) is 2. The minimum absolute atomic E-state index is 0.495. The molecule has 106 valence electrons. The number of ether oxygens (including phenoxy) is 1. The second kappa shape index (κ2) is 7.63. The predicted molar refractivity (Wildman–Crippen MR) is 76.0 cm³/mol. The fourth-order valence-electron chi connectivity index (χ4n) is 1.85. The van der Waals surface area contributed by atoms with E-state index in [4.69, 9.17) is 9.84 Å². The van der Waals surface area contributed by atoms with E-state index in [1.165, 1.54) is 0 Å². The van der Waals surface area contributed by atoms with Crippen LogP contribution in [-0.4, -0.2) is 44.4 Å². The van der Waals surface area contributed by atoms with Gasteiger partial charge in [-0.1, -0.05) is 6.92 Å². The summed E-state index contributed by atoms with van der Waals surface area (Å²) in [5.41, 5.74) is 1.04. The van der Waals surface area contributed by atoms with Crippen LogP contribution >= 0.6 is 0 Å². The van der Waals surface area contributed by atoms with Crippen LogP contribution < -0.4 is 15.0 Å². The lowest BCUT2D eigenvalue weighted by Crippen LogP contribution is -2.39. The average Bonchev–Trinajstić information content (AvgIpc) is 2.42. The molecule has 0 bridgehead atoms. The largest absolute Gasteiger partial charge is 0.497 e. The number of hydrogen-bond acceptors (Lipinski definition) is 4. The Morgan fingerprint density at radius 3 is 2.53 bits per heavy atom. The van der Waals surface area contributed by atoms with Gasteiger partial charge in [-0.3, -0.25) is 4.79 Å². The van der Waals surface area contributed by atoms with E-state index >= 15 is 0 Å². The summed E-state index contributed by atoms with van der Waals surface area (Å²) in [6, 6.07) is 7.21. The zero-order valence-corrected chi connectivity index (χ0v) is 11.7. The van der Waals surface area contributed by atoms with Crippen LogP contribution in [0.4, 0.5) is 5.69 Å². The van der Waals surface area contributed by atoms with Gasteiger partial charge >= 0.3 is 5.97 Å². The predicted octanol–water partition coefficient (Wildman–Crippen LogP) is 1.58. The van der Waals surface area contributed by atoms with Crippen molar-refractivity contribution in [3.8, 4) is 5.75 Å². The Bertz CT molecular complexity index is 392. The Morgan fingerprint density at radius 1 is 1.42 bits per heavy atom. The number of benzene rings is 1. The summed E-state index contributed by atoms with van der Waals surface area (Å²) >= 11 is 0. The molecule has 1 rings (SSSR count). The average molecular weight is 266 g/mol. The van der Waals surface area contributed by atoms with Gasteiger partial charge in [0.2, 0.25) is 0 Å². The molecule has 1 unspecified atom stereocenters. The number of likely N-dealkylation sites (N-methyl/N-ethyl adjacent to an activating group) is 1. The number of methoxy groups -OCH3 is 1. The first kappa shape index (κ1) is 15.3. The third kappa shape index (κ3) is 4.79. The summed E-state index contributed by atoms with van der Waals surface area (Å²) < 4.78 is 5.10. The highest BCUT2D eigenvalue weighted by molar-refractivity contribution is 5.73. The van der Waals surface area contributed by atoms with Crippen molar-refractivity contribution in [3.05, 3.63) is 24.3 Å². The zero-order valence-electron chi connectivity index (χ0n) is 11.7. The number of carboxylic acid groups (broad SMARTS) is 1. The zero-order chi connectivity index (χ0) is 14.3. The Morgan fingerprint density at radius 2 is 2.05 bits per heavy atom. The van der Waals surface area contributed by atoms with Crippen LogP contribution in [0.25, 0.3) is 0 Å². The normalized spacial score (nSPS) is 11.9. The van der Waals surface area contributed by atoms with Gasteiger partial charge in [-0.2, -0.15) is 0 Å². The molecule has 0 fully saturated rings. The lowest BCUT2D eigenvalue weighted by atomic mass is 10.2. The van der Waals surface area contributed by atoms with Crippen molar-refractivity contribution in [1.82, 2.24) is 5.32 Å². The molecular weight excluding hydrogens is 244 g/mol. The van der Waals surface area contributed by atoms with Gasteiger partial charge < -0.3 is 20.1 Å². The van der Waals surface area contributed by atoms with Crippen LogP contribution in [0, 0.1) is 0 Å². The molecule has 1 atom stereocenters. The number of carbonyl (C=O) groups is 1. The van der Waals surface area contributed by atoms with Gasteiger partial charge in [-0.15, -0.1) is 0 Å². The minimum Gasteiger partial charge on any atom is -0.497 e. The van der Waals surface area contributed by atoms with E-state index < -0.39 is 12.0 Å². The number of anilines is 1. The molecule has 19 heavy (non-hydrogen) atoms. The van der Waals surface area contributed by atoms with Crippen molar-refractivity contribution in [1.29, 1.82) is 0 Å². The highest BCUT2D eigenvalue weighted by Gasteiger charge is 2.16. The Kier molecular flexibility index (Phi) is 6.15. The molecule has 0 aliphatic carbocycles. The van der Waals surface area contributed by atoms with E-state index in [2.05, 4.69) is 5.32 Å². The van der Waals surface area contributed by atoms with Gasteiger partial charge in [0.25, 0.3) is 0 Å². The highest BCUT2D eigenvalue weighted by Crippen LogP contribution is 2.18. The standard InChI is InChI=1S/C14H22N2O3/c1-4-15-13(14(17)18)9-10-16(2)11-5-7-12(19-3)8-6-11/h5-8,13,15H,4,9-10H2,1-3H3,(H,17,18). The molecule has 0 saturated carbocycles. The van der Waals surface area contributed by atoms with Crippen LogP contribution in [0.5, 0.6) is 5.75 Å².